The molecule has 1 aliphatic heterocycles. The van der Waals surface area contributed by atoms with E-state index in [1.165, 1.54) is 17.0 Å². The Bertz CT molecular complexity index is 1310. The van der Waals surface area contributed by atoms with Crippen LogP contribution in [0.4, 0.5) is 21.5 Å². The zero-order valence-corrected chi connectivity index (χ0v) is 19.1. The van der Waals surface area contributed by atoms with Crippen molar-refractivity contribution in [1.29, 1.82) is 0 Å². The topological polar surface area (TPSA) is 96.0 Å². The number of halogens is 1. The van der Waals surface area contributed by atoms with Crippen molar-refractivity contribution in [3.63, 3.8) is 0 Å². The van der Waals surface area contributed by atoms with Gasteiger partial charge in [-0.05, 0) is 67.6 Å². The van der Waals surface area contributed by atoms with E-state index in [1.807, 2.05) is 6.92 Å². The van der Waals surface area contributed by atoms with Crippen LogP contribution in [0.15, 0.2) is 77.7 Å². The maximum atomic E-state index is 13.5. The molecule has 34 heavy (non-hydrogen) atoms. The van der Waals surface area contributed by atoms with E-state index < -0.39 is 28.3 Å². The summed E-state index contributed by atoms with van der Waals surface area (Å²) in [5, 5.41) is 2.70. The van der Waals surface area contributed by atoms with E-state index in [0.717, 1.165) is 28.6 Å². The first kappa shape index (κ1) is 23.2. The quantitative estimate of drug-likeness (QED) is 0.556. The van der Waals surface area contributed by atoms with Crippen LogP contribution in [0, 0.1) is 5.82 Å². The first-order valence-corrected chi connectivity index (χ1v) is 11.9. The molecule has 0 radical (unpaired) electrons. The minimum Gasteiger partial charge on any atom is -0.494 e. The Morgan fingerprint density at radius 3 is 2.41 bits per heavy atom. The van der Waals surface area contributed by atoms with Gasteiger partial charge in [-0.15, -0.1) is 0 Å². The number of hydrogen-bond acceptors (Lipinski definition) is 5. The Kier molecular flexibility index (Phi) is 6.51. The number of nitrogens with one attached hydrogen (secondary N) is 1. The summed E-state index contributed by atoms with van der Waals surface area (Å²) in [7, 11) is -4.24. The number of fused-ring (bicyclic) bond motifs is 1. The van der Waals surface area contributed by atoms with E-state index in [0.29, 0.717) is 23.7 Å². The van der Waals surface area contributed by atoms with Crippen LogP contribution in [0.3, 0.4) is 0 Å². The second kappa shape index (κ2) is 9.52. The summed E-state index contributed by atoms with van der Waals surface area (Å²) < 4.78 is 46.8. The van der Waals surface area contributed by atoms with Crippen molar-refractivity contribution in [3.8, 4) is 5.75 Å². The van der Waals surface area contributed by atoms with Gasteiger partial charge < -0.3 is 10.1 Å². The predicted molar refractivity (Wildman–Crippen MR) is 126 cm³/mol. The Morgan fingerprint density at radius 1 is 1.06 bits per heavy atom. The van der Waals surface area contributed by atoms with Crippen molar-refractivity contribution in [2.75, 3.05) is 34.2 Å². The summed E-state index contributed by atoms with van der Waals surface area (Å²) in [4.78, 5) is 26.6. The fraction of sp³-hybridized carbons (Fsp3) is 0.167. The Labute approximate surface area is 196 Å². The number of hydrogen-bond donors (Lipinski definition) is 1. The fourth-order valence-electron chi connectivity index (χ4n) is 3.59. The molecule has 0 spiro atoms. The van der Waals surface area contributed by atoms with E-state index in [-0.39, 0.29) is 23.0 Å². The molecule has 0 saturated carbocycles. The lowest BCUT2D eigenvalue weighted by Crippen LogP contribution is -2.48. The highest BCUT2D eigenvalue weighted by molar-refractivity contribution is 7.92. The molecule has 10 heteroatoms. The first-order valence-electron chi connectivity index (χ1n) is 10.5. The minimum atomic E-state index is -4.24. The van der Waals surface area contributed by atoms with Gasteiger partial charge in [-0.25, -0.2) is 12.8 Å². The van der Waals surface area contributed by atoms with Crippen molar-refractivity contribution < 1.29 is 27.1 Å². The standard InChI is InChI=1S/C24H22FN3O5S/c1-2-33-19-11-9-18(10-12-19)28(34(31,32)20-13-7-17(25)8-14-20)16-24(30)27-15-23(29)26-21-5-3-4-6-22(21)27/h3-14H,2,15-16H2,1H3,(H,26,29). The number of amides is 2. The van der Waals surface area contributed by atoms with Crippen molar-refractivity contribution in [3.05, 3.63) is 78.6 Å². The van der Waals surface area contributed by atoms with Crippen LogP contribution in [0.25, 0.3) is 0 Å². The lowest BCUT2D eigenvalue weighted by atomic mass is 10.2. The largest absolute Gasteiger partial charge is 0.494 e. The molecule has 3 aromatic rings. The lowest BCUT2D eigenvalue weighted by Gasteiger charge is -2.32. The summed E-state index contributed by atoms with van der Waals surface area (Å²) in [5.41, 5.74) is 1.15. The molecule has 4 rings (SSSR count). The van der Waals surface area contributed by atoms with Gasteiger partial charge in [-0.2, -0.15) is 0 Å². The zero-order valence-electron chi connectivity index (χ0n) is 18.3. The SMILES string of the molecule is CCOc1ccc(N(CC(=O)N2CC(=O)Nc3ccccc32)S(=O)(=O)c2ccc(F)cc2)cc1. The first-order chi connectivity index (χ1) is 16.3. The molecular formula is C24H22FN3O5S. The normalized spacial score (nSPS) is 13.1. The van der Waals surface area contributed by atoms with Crippen molar-refractivity contribution >= 4 is 38.9 Å². The molecule has 2 amide bonds. The van der Waals surface area contributed by atoms with Crippen molar-refractivity contribution in [2.24, 2.45) is 0 Å². The van der Waals surface area contributed by atoms with Crippen molar-refractivity contribution in [2.45, 2.75) is 11.8 Å². The summed E-state index contributed by atoms with van der Waals surface area (Å²) >= 11 is 0. The molecule has 1 heterocycles. The number of rotatable bonds is 7. The molecule has 0 unspecified atom stereocenters. The van der Waals surface area contributed by atoms with Crippen LogP contribution in [0.1, 0.15) is 6.92 Å². The van der Waals surface area contributed by atoms with E-state index in [4.69, 9.17) is 4.74 Å². The van der Waals surface area contributed by atoms with Crippen LogP contribution in [-0.4, -0.2) is 39.9 Å². The highest BCUT2D eigenvalue weighted by Gasteiger charge is 2.32. The van der Waals surface area contributed by atoms with E-state index >= 15 is 0 Å². The smallest absolute Gasteiger partial charge is 0.264 e. The van der Waals surface area contributed by atoms with Crippen LogP contribution in [0.5, 0.6) is 5.75 Å². The third-order valence-corrected chi connectivity index (χ3v) is 6.98. The Hall–Kier alpha value is -3.92. The van der Waals surface area contributed by atoms with Gasteiger partial charge in [0.2, 0.25) is 11.8 Å². The molecule has 0 saturated heterocycles. The minimum absolute atomic E-state index is 0.174. The molecule has 0 atom stereocenters. The number of nitrogens with zero attached hydrogens (tertiary/aromatic N) is 2. The van der Waals surface area contributed by atoms with Gasteiger partial charge in [-0.1, -0.05) is 12.1 Å². The molecule has 0 aromatic heterocycles. The highest BCUT2D eigenvalue weighted by atomic mass is 32.2. The molecule has 8 nitrogen and oxygen atoms in total. The average Bonchev–Trinajstić information content (AvgIpc) is 2.83. The van der Waals surface area contributed by atoms with E-state index in [9.17, 15) is 22.4 Å². The van der Waals surface area contributed by atoms with Gasteiger partial charge in [0.05, 0.1) is 28.6 Å². The van der Waals surface area contributed by atoms with E-state index in [2.05, 4.69) is 5.32 Å². The Balaban J connectivity index is 1.72. The monoisotopic (exact) mass is 483 g/mol. The van der Waals surface area contributed by atoms with Gasteiger partial charge in [-0.3, -0.25) is 18.8 Å². The van der Waals surface area contributed by atoms with E-state index in [1.54, 1.807) is 36.4 Å². The third kappa shape index (κ3) is 4.72. The van der Waals surface area contributed by atoms with Gasteiger partial charge in [0, 0.05) is 0 Å². The van der Waals surface area contributed by atoms with Gasteiger partial charge in [0.15, 0.2) is 0 Å². The third-order valence-electron chi connectivity index (χ3n) is 5.19. The molecule has 0 aliphatic carbocycles. The number of anilines is 3. The summed E-state index contributed by atoms with van der Waals surface area (Å²) in [6, 6.07) is 17.4. The lowest BCUT2D eigenvalue weighted by molar-refractivity contribution is -0.121. The number of benzene rings is 3. The van der Waals surface area contributed by atoms with Crippen LogP contribution in [0.2, 0.25) is 0 Å². The molecule has 0 fully saturated rings. The predicted octanol–water partition coefficient (Wildman–Crippen LogP) is 3.41. The second-order valence-electron chi connectivity index (χ2n) is 7.44. The summed E-state index contributed by atoms with van der Waals surface area (Å²) in [6.07, 6.45) is 0. The summed E-state index contributed by atoms with van der Waals surface area (Å²) in [6.45, 7) is 1.44. The van der Waals surface area contributed by atoms with Crippen molar-refractivity contribution in [1.82, 2.24) is 0 Å². The number of ether oxygens (including phenoxy) is 1. The molecular weight excluding hydrogens is 461 g/mol. The molecule has 0 bridgehead atoms. The molecule has 176 valence electrons. The summed E-state index contributed by atoms with van der Waals surface area (Å²) in [5.74, 6) is -1.03. The van der Waals surface area contributed by atoms with Gasteiger partial charge in [0.25, 0.3) is 10.0 Å². The molecule has 1 aliphatic rings. The maximum Gasteiger partial charge on any atom is 0.264 e. The van der Waals surface area contributed by atoms with Crippen LogP contribution >= 0.6 is 0 Å². The average molecular weight is 484 g/mol. The molecule has 1 N–H and O–H groups in total. The number of para-hydroxylation sites is 2. The highest BCUT2D eigenvalue weighted by Crippen LogP contribution is 2.31. The Morgan fingerprint density at radius 2 is 1.74 bits per heavy atom. The van der Waals surface area contributed by atoms with Gasteiger partial charge in [0.1, 0.15) is 24.7 Å². The number of carbonyl (C=O) groups excluding carboxylic acids is 2. The van der Waals surface area contributed by atoms with Crippen LogP contribution in [-0.2, 0) is 19.6 Å². The fourth-order valence-corrected chi connectivity index (χ4v) is 5.00. The molecule has 3 aromatic carbocycles. The number of carbonyl (C=O) groups is 2. The second-order valence-corrected chi connectivity index (χ2v) is 9.30. The number of sulfonamides is 1. The maximum absolute atomic E-state index is 13.5. The van der Waals surface area contributed by atoms with Gasteiger partial charge >= 0.3 is 0 Å². The van der Waals surface area contributed by atoms with Crippen LogP contribution < -0.4 is 19.3 Å². The zero-order chi connectivity index (χ0) is 24.3.